The standard InChI is InChI=1S/C33H61NO7Si5.C29H54O6Si5.C9H28O3Si4.C4H7NO/c1-13-25-34-33(35)37-31-24-23-30(28-32(31)36-2)22-18-26-45(11,39-43(6,7)8)41-46(12,40-44(9,10)38-42(3,4)5)27-17-21-29-19-15-14-16-20-29;1-31-29-25-27(21-22-28(29)30)20-16-23-39(10,33-37(5,6)7)35-40(11,34-38(8,9)32-36(2,3)4)24-15-19-26-17-13-12-14-18-26;1-13(10-14(2,3)4)11-16(8,9)12-15(5,6)7;1-2-3-5-4-6/h14-16,19-20,23-24,28H,13,17-18,21-22,25-27H2,1-12H3,(H,34,35);12-14,17-18,21-22,25,30H,15-16,19-20,23-24H2,1-11H3;13H,1-9H3;2-3H2,1H3. The van der Waals surface area contributed by atoms with Crippen LogP contribution >= 0.6 is 0 Å². The van der Waals surface area contributed by atoms with E-state index in [1.54, 1.807) is 26.4 Å². The topological polar surface area (TPSA) is 208 Å². The average molecular weight is 1750 g/mol. The van der Waals surface area contributed by atoms with Crippen molar-refractivity contribution in [3.05, 3.63) is 119 Å². The van der Waals surface area contributed by atoms with Gasteiger partial charge in [-0.3, -0.25) is 0 Å². The molecule has 2 N–H and O–H groups in total. The van der Waals surface area contributed by atoms with Gasteiger partial charge in [-0.15, -0.1) is 0 Å². The Bertz CT molecular complexity index is 3260. The summed E-state index contributed by atoms with van der Waals surface area (Å²) in [5.41, 5.74) is 4.92. The van der Waals surface area contributed by atoms with E-state index in [-0.39, 0.29) is 5.75 Å². The monoisotopic (exact) mass is 1740 g/mol. The number of aromatic hydroxyl groups is 1. The fraction of sp³-hybridized carbons (Fsp3) is 0.653. The van der Waals surface area contributed by atoms with Gasteiger partial charge in [0.2, 0.25) is 6.08 Å². The molecule has 0 radical (unpaired) electrons. The van der Waals surface area contributed by atoms with E-state index in [0.29, 0.717) is 30.3 Å². The molecule has 108 heavy (non-hydrogen) atoms. The zero-order valence-corrected chi connectivity index (χ0v) is 87.7. The zero-order valence-electron chi connectivity index (χ0n) is 73.6. The lowest BCUT2D eigenvalue weighted by Crippen LogP contribution is -2.60. The molecule has 0 heterocycles. The summed E-state index contributed by atoms with van der Waals surface area (Å²) in [7, 11) is -26.2. The normalized spacial score (nSPS) is 15.1. The Hall–Kier alpha value is -2.47. The Morgan fingerprint density at radius 2 is 0.759 bits per heavy atom. The molecule has 1 amide bonds. The van der Waals surface area contributed by atoms with Crippen molar-refractivity contribution in [3.63, 3.8) is 0 Å². The van der Waals surface area contributed by atoms with Gasteiger partial charge in [-0.1, -0.05) is 86.6 Å². The summed E-state index contributed by atoms with van der Waals surface area (Å²) >= 11 is 0. The molecule has 0 spiro atoms. The summed E-state index contributed by atoms with van der Waals surface area (Å²) in [4.78, 5) is 24.7. The van der Waals surface area contributed by atoms with E-state index in [4.69, 9.17) is 59.5 Å². The maximum absolute atomic E-state index is 12.1. The minimum Gasteiger partial charge on any atom is -0.504 e. The Morgan fingerprint density at radius 3 is 1.09 bits per heavy atom. The van der Waals surface area contributed by atoms with Crippen LogP contribution in [-0.4, -0.2) is 164 Å². The van der Waals surface area contributed by atoms with E-state index >= 15 is 0 Å². The number of aryl methyl sites for hydroxylation is 4. The molecule has 19 nitrogen and oxygen atoms in total. The van der Waals surface area contributed by atoms with Crippen molar-refractivity contribution in [2.45, 2.75) is 292 Å². The molecule has 0 aromatic heterocycles. The molecule has 4 rings (SSSR count). The minimum absolute atomic E-state index is 0.164. The van der Waals surface area contributed by atoms with Crippen LogP contribution in [0.15, 0.2) is 102 Å². The highest BCUT2D eigenvalue weighted by Crippen LogP contribution is 2.37. The summed E-state index contributed by atoms with van der Waals surface area (Å²) < 4.78 is 90.5. The predicted molar refractivity (Wildman–Crippen MR) is 485 cm³/mol. The maximum atomic E-state index is 12.1. The van der Waals surface area contributed by atoms with Gasteiger partial charge in [0.05, 0.1) is 20.8 Å². The Kier molecular flexibility index (Phi) is 45.0. The SMILES string of the molecule is CCCN=C=O.CCCNC(=O)Oc1ccc(CCC[Si](C)(O[Si](C)(C)C)O[Si](C)(CCCc2ccccc2)O[Si](C)(C)O[Si](C)(C)C)cc1OC.COc1cc(CCC[Si](C)(O[Si](C)(C)C)O[Si](C)(CCCc2ccccc2)O[Si](C)(C)O[Si](C)(C)C)ccc1O.C[SiH](O[Si](C)(C)C)O[Si](C)(C)O[Si](C)(C)C. The first-order chi connectivity index (χ1) is 49.3. The summed E-state index contributed by atoms with van der Waals surface area (Å²) in [5.74, 6) is 1.62. The van der Waals surface area contributed by atoms with Crippen molar-refractivity contribution in [2.24, 2.45) is 4.99 Å². The molecule has 33 heteroatoms. The third-order valence-corrected chi connectivity index (χ3v) is 63.8. The molecule has 0 aliphatic rings. The van der Waals surface area contributed by atoms with Crippen molar-refractivity contribution < 1.29 is 74.2 Å². The van der Waals surface area contributed by atoms with Gasteiger partial charge >= 0.3 is 66.0 Å². The first-order valence-electron chi connectivity index (χ1n) is 39.1. The second-order valence-corrected chi connectivity index (χ2v) is 91.0. The molecule has 4 aromatic carbocycles. The molecule has 0 fully saturated rings. The number of amides is 1. The smallest absolute Gasteiger partial charge is 0.412 e. The molecule has 0 bridgehead atoms. The predicted octanol–water partition coefficient (Wildman–Crippen LogP) is 21.9. The highest BCUT2D eigenvalue weighted by molar-refractivity contribution is 6.92. The van der Waals surface area contributed by atoms with Crippen molar-refractivity contribution in [3.8, 4) is 23.0 Å². The summed E-state index contributed by atoms with van der Waals surface area (Å²) in [6, 6.07) is 36.2. The zero-order chi connectivity index (χ0) is 82.9. The van der Waals surface area contributed by atoms with Crippen LogP contribution < -0.4 is 19.5 Å². The highest BCUT2D eigenvalue weighted by Gasteiger charge is 2.51. The van der Waals surface area contributed by atoms with Crippen molar-refractivity contribution in [2.75, 3.05) is 27.3 Å². The van der Waals surface area contributed by atoms with Gasteiger partial charge in [0.15, 0.2) is 72.9 Å². The van der Waals surface area contributed by atoms with Gasteiger partial charge in [0.25, 0.3) is 9.28 Å². The van der Waals surface area contributed by atoms with E-state index < -0.39 is 125 Å². The number of nitrogens with one attached hydrogen (secondary N) is 1. The first kappa shape index (κ1) is 104. The minimum atomic E-state index is -2.71. The molecular formula is C75H150N2O17Si14. The number of methoxy groups -OCH3 is 2. The Balaban J connectivity index is 0.000000849. The third-order valence-electron chi connectivity index (χ3n) is 15.1. The van der Waals surface area contributed by atoms with Crippen LogP contribution in [0.5, 0.6) is 23.0 Å². The number of benzene rings is 4. The van der Waals surface area contributed by atoms with Crippen LogP contribution in [0.1, 0.15) is 74.6 Å². The number of isocyanates is 1. The van der Waals surface area contributed by atoms with Crippen LogP contribution in [0.3, 0.4) is 0 Å². The third kappa shape index (κ3) is 50.7. The van der Waals surface area contributed by atoms with E-state index in [1.807, 2.05) is 38.1 Å². The number of aliphatic imine (C=N–C) groups is 1. The molecule has 5 atom stereocenters. The maximum Gasteiger partial charge on any atom is 0.412 e. The lowest BCUT2D eigenvalue weighted by atomic mass is 10.1. The van der Waals surface area contributed by atoms with Gasteiger partial charge in [-0.2, -0.15) is 0 Å². The number of ether oxygens (including phenoxy) is 3. The van der Waals surface area contributed by atoms with Gasteiger partial charge in [0.1, 0.15) is 0 Å². The highest BCUT2D eigenvalue weighted by atomic mass is 28.5. The number of carbonyl (C=O) groups excluding carboxylic acids is 2. The fourth-order valence-electron chi connectivity index (χ4n) is 13.0. The number of nitrogens with zero attached hydrogens (tertiary/aromatic N) is 1. The summed E-state index contributed by atoms with van der Waals surface area (Å²) in [6.07, 6.45) is 10.2. The molecule has 618 valence electrons. The molecule has 4 aromatic rings. The average Bonchev–Trinajstić information content (AvgIpc) is 0.803. The van der Waals surface area contributed by atoms with Crippen LogP contribution in [-0.2, 0) is 75.7 Å². The molecule has 0 aliphatic carbocycles. The summed E-state index contributed by atoms with van der Waals surface area (Å²) in [5, 5.41) is 12.7. The fourth-order valence-corrected chi connectivity index (χ4v) is 74.9. The summed E-state index contributed by atoms with van der Waals surface area (Å²) in [6.45, 7) is 69.2. The van der Waals surface area contributed by atoms with Crippen molar-refractivity contribution in [1.29, 1.82) is 0 Å². The van der Waals surface area contributed by atoms with Crippen LogP contribution in [0.2, 0.25) is 214 Å². The van der Waals surface area contributed by atoms with Crippen molar-refractivity contribution >= 4 is 131 Å². The van der Waals surface area contributed by atoms with Gasteiger partial charge in [-0.25, -0.2) is 14.6 Å². The molecule has 0 saturated heterocycles. The number of phenols is 1. The number of rotatable bonds is 45. The Labute approximate surface area is 672 Å². The second-order valence-electron chi connectivity index (χ2n) is 35.8. The molecule has 0 saturated carbocycles. The number of hydrogen-bond donors (Lipinski definition) is 2. The lowest BCUT2D eigenvalue weighted by Gasteiger charge is -2.44. The van der Waals surface area contributed by atoms with Gasteiger partial charge in [0, 0.05) is 6.54 Å². The lowest BCUT2D eigenvalue weighted by molar-refractivity contribution is 0.198. The van der Waals surface area contributed by atoms with Crippen LogP contribution in [0.4, 0.5) is 4.79 Å². The molecular weight excluding hydrogens is 1590 g/mol. The molecule has 0 aliphatic heterocycles. The van der Waals surface area contributed by atoms with E-state index in [9.17, 15) is 14.7 Å². The molecule has 5 unspecified atom stereocenters. The Morgan fingerprint density at radius 1 is 0.407 bits per heavy atom. The number of hydrogen-bond acceptors (Lipinski definition) is 18. The van der Waals surface area contributed by atoms with Crippen molar-refractivity contribution in [1.82, 2.24) is 5.32 Å². The second kappa shape index (κ2) is 46.9. The van der Waals surface area contributed by atoms with Crippen LogP contribution in [0.25, 0.3) is 0 Å². The quantitative estimate of drug-likeness (QED) is 0.0240. The first-order valence-corrected chi connectivity index (χ1v) is 80.2. The van der Waals surface area contributed by atoms with Crippen LogP contribution in [0, 0.1) is 0 Å². The van der Waals surface area contributed by atoms with E-state index in [1.165, 1.54) is 17.2 Å². The largest absolute Gasteiger partial charge is 0.504 e. The van der Waals surface area contributed by atoms with E-state index in [2.05, 4.69) is 261 Å². The number of phenolic OH excluding ortho intramolecular Hbond substituents is 1. The van der Waals surface area contributed by atoms with E-state index in [0.717, 1.165) is 99.5 Å². The van der Waals surface area contributed by atoms with Gasteiger partial charge in [-0.05, 0) is 325 Å². The number of carbonyl (C=O) groups is 1. The van der Waals surface area contributed by atoms with Gasteiger partial charge < -0.3 is 69.9 Å².